The molecule has 2 atom stereocenters. The van der Waals surface area contributed by atoms with Crippen LogP contribution in [0.25, 0.3) is 0 Å². The number of phosphoric ester groups is 1. The number of hydrogen-bond donors (Lipinski definition) is 3. The summed E-state index contributed by atoms with van der Waals surface area (Å²) in [6, 6.07) is 0. The second-order valence-electron chi connectivity index (χ2n) is 16.4. The van der Waals surface area contributed by atoms with Crippen LogP contribution in [-0.2, 0) is 27.9 Å². The van der Waals surface area contributed by atoms with Crippen LogP contribution in [-0.4, -0.2) is 54.3 Å². The Labute approximate surface area is 357 Å². The van der Waals surface area contributed by atoms with Gasteiger partial charge in [-0.3, -0.25) is 18.6 Å². The number of phosphoric acid groups is 1. The van der Waals surface area contributed by atoms with Crippen molar-refractivity contribution in [3.63, 3.8) is 0 Å². The number of aliphatic hydroxyl groups is 1. The van der Waals surface area contributed by atoms with Crippen molar-refractivity contribution in [2.45, 2.75) is 245 Å². The van der Waals surface area contributed by atoms with Crippen LogP contribution in [0.4, 0.5) is 0 Å². The lowest BCUT2D eigenvalue weighted by atomic mass is 10.0. The summed E-state index contributed by atoms with van der Waals surface area (Å²) in [5.74, 6) is -0.522. The summed E-state index contributed by atoms with van der Waals surface area (Å²) in [5, 5.41) is 12.7. The minimum Gasteiger partial charge on any atom is -0.463 e. The Bertz CT molecular complexity index is 1010. The minimum atomic E-state index is -4.42. The number of carbonyl (C=O) groups excluding carboxylic acids is 2. The summed E-state index contributed by atoms with van der Waals surface area (Å²) in [6.07, 6.45) is 49.8. The first-order chi connectivity index (χ1) is 28.3. The van der Waals surface area contributed by atoms with Gasteiger partial charge in [-0.25, -0.2) is 4.57 Å². The third kappa shape index (κ3) is 45.6. The molecule has 0 aromatic carbocycles. The minimum absolute atomic E-state index is 0.0759. The van der Waals surface area contributed by atoms with E-state index in [1.54, 1.807) is 0 Å². The molecule has 0 aliphatic rings. The smallest absolute Gasteiger partial charge is 0.463 e. The van der Waals surface area contributed by atoms with E-state index in [0.717, 1.165) is 70.6 Å². The molecule has 0 spiro atoms. The number of rotatable bonds is 46. The number of esters is 1. The molecule has 0 aliphatic carbocycles. The summed E-state index contributed by atoms with van der Waals surface area (Å²) in [7, 11) is -4.42. The predicted octanol–water partition coefficient (Wildman–Crippen LogP) is 13.9. The number of hydrogen-bond acceptors (Lipinski definition) is 7. The zero-order chi connectivity index (χ0) is 42.5. The van der Waals surface area contributed by atoms with Gasteiger partial charge < -0.3 is 20.1 Å². The fourth-order valence-corrected chi connectivity index (χ4v) is 7.71. The topological polar surface area (TPSA) is 131 Å². The molecule has 0 bridgehead atoms. The quantitative estimate of drug-likeness (QED) is 0.0239. The Morgan fingerprint density at radius 2 is 0.966 bits per heavy atom. The summed E-state index contributed by atoms with van der Waals surface area (Å²) in [6.45, 7) is 3.51. The molecule has 58 heavy (non-hydrogen) atoms. The molecule has 0 radical (unpaired) electrons. The zero-order valence-electron chi connectivity index (χ0n) is 37.8. The second kappa shape index (κ2) is 45.0. The summed E-state index contributed by atoms with van der Waals surface area (Å²) in [4.78, 5) is 33.9. The zero-order valence-corrected chi connectivity index (χ0v) is 38.6. The lowest BCUT2D eigenvalue weighted by Gasteiger charge is -2.15. The van der Waals surface area contributed by atoms with Gasteiger partial charge in [-0.05, 0) is 38.5 Å². The molecule has 0 saturated carbocycles. The van der Waals surface area contributed by atoms with E-state index in [4.69, 9.17) is 13.8 Å². The SMILES string of the molecule is CCC/C=C\C/C=C\CCCCCCCC(=O)NCCOP(=O)(O)OCC(O)COC(=O)CCCCCCCCCCCCCCCCCCCCCCCCCC. The molecular weight excluding hydrogens is 750 g/mol. The normalized spacial score (nSPS) is 13.4. The van der Waals surface area contributed by atoms with Crippen LogP contribution in [0.15, 0.2) is 24.3 Å². The van der Waals surface area contributed by atoms with Gasteiger partial charge in [0.25, 0.3) is 0 Å². The fourth-order valence-electron chi connectivity index (χ4n) is 6.95. The van der Waals surface area contributed by atoms with E-state index < -0.39 is 26.5 Å². The second-order valence-corrected chi connectivity index (χ2v) is 17.9. The maximum absolute atomic E-state index is 12.1. The third-order valence-electron chi connectivity index (χ3n) is 10.6. The number of carbonyl (C=O) groups is 2. The lowest BCUT2D eigenvalue weighted by molar-refractivity contribution is -0.147. The van der Waals surface area contributed by atoms with Gasteiger partial charge in [0.1, 0.15) is 12.7 Å². The van der Waals surface area contributed by atoms with Crippen LogP contribution < -0.4 is 5.32 Å². The summed E-state index contributed by atoms with van der Waals surface area (Å²) in [5.41, 5.74) is 0. The first kappa shape index (κ1) is 56.5. The first-order valence-corrected chi connectivity index (χ1v) is 25.8. The van der Waals surface area contributed by atoms with Crippen molar-refractivity contribution >= 4 is 19.7 Å². The van der Waals surface area contributed by atoms with Crippen molar-refractivity contribution in [3.8, 4) is 0 Å². The van der Waals surface area contributed by atoms with E-state index in [0.29, 0.717) is 6.42 Å². The van der Waals surface area contributed by atoms with Crippen LogP contribution in [0.1, 0.15) is 239 Å². The lowest BCUT2D eigenvalue weighted by Crippen LogP contribution is -2.27. The Morgan fingerprint density at radius 3 is 1.45 bits per heavy atom. The molecule has 2 unspecified atom stereocenters. The van der Waals surface area contributed by atoms with Crippen LogP contribution >= 0.6 is 7.82 Å². The van der Waals surface area contributed by atoms with E-state index in [-0.39, 0.29) is 32.1 Å². The maximum Gasteiger partial charge on any atom is 0.472 e. The van der Waals surface area contributed by atoms with Crippen molar-refractivity contribution in [1.82, 2.24) is 5.32 Å². The van der Waals surface area contributed by atoms with Crippen molar-refractivity contribution < 1.29 is 37.9 Å². The van der Waals surface area contributed by atoms with Gasteiger partial charge in [-0.15, -0.1) is 0 Å². The molecule has 0 fully saturated rings. The van der Waals surface area contributed by atoms with Crippen LogP contribution in [0.5, 0.6) is 0 Å². The molecular formula is C48H92NO8P. The van der Waals surface area contributed by atoms with E-state index in [2.05, 4.69) is 43.5 Å². The van der Waals surface area contributed by atoms with Crippen LogP contribution in [0.2, 0.25) is 0 Å². The van der Waals surface area contributed by atoms with Crippen molar-refractivity contribution in [3.05, 3.63) is 24.3 Å². The number of nitrogens with one attached hydrogen (secondary N) is 1. The molecule has 3 N–H and O–H groups in total. The molecule has 0 aromatic heterocycles. The van der Waals surface area contributed by atoms with E-state index >= 15 is 0 Å². The highest BCUT2D eigenvalue weighted by Gasteiger charge is 2.23. The van der Waals surface area contributed by atoms with E-state index in [1.165, 1.54) is 141 Å². The Balaban J connectivity index is 3.51. The molecule has 1 amide bonds. The van der Waals surface area contributed by atoms with Gasteiger partial charge in [0.05, 0.1) is 13.2 Å². The van der Waals surface area contributed by atoms with Gasteiger partial charge in [0, 0.05) is 19.4 Å². The summed E-state index contributed by atoms with van der Waals surface area (Å²) < 4.78 is 26.9. The average molecular weight is 842 g/mol. The predicted molar refractivity (Wildman–Crippen MR) is 243 cm³/mol. The monoisotopic (exact) mass is 842 g/mol. The van der Waals surface area contributed by atoms with Crippen molar-refractivity contribution in [1.29, 1.82) is 0 Å². The Morgan fingerprint density at radius 1 is 0.534 bits per heavy atom. The number of ether oxygens (including phenoxy) is 1. The van der Waals surface area contributed by atoms with E-state index in [1.807, 2.05) is 0 Å². The Hall–Kier alpha value is -1.51. The van der Waals surface area contributed by atoms with Crippen LogP contribution in [0.3, 0.4) is 0 Å². The highest BCUT2D eigenvalue weighted by molar-refractivity contribution is 7.47. The number of aliphatic hydroxyl groups excluding tert-OH is 1. The number of unbranched alkanes of at least 4 members (excludes halogenated alkanes) is 29. The molecule has 10 heteroatoms. The largest absolute Gasteiger partial charge is 0.472 e. The van der Waals surface area contributed by atoms with Gasteiger partial charge in [-0.1, -0.05) is 212 Å². The van der Waals surface area contributed by atoms with Crippen molar-refractivity contribution in [2.24, 2.45) is 0 Å². The van der Waals surface area contributed by atoms with Gasteiger partial charge >= 0.3 is 13.8 Å². The molecule has 0 aromatic rings. The molecule has 0 rings (SSSR count). The summed E-state index contributed by atoms with van der Waals surface area (Å²) >= 11 is 0. The van der Waals surface area contributed by atoms with Crippen molar-refractivity contribution in [2.75, 3.05) is 26.4 Å². The molecule has 0 saturated heterocycles. The fraction of sp³-hybridized carbons (Fsp3) is 0.875. The Kier molecular flexibility index (Phi) is 43.9. The highest BCUT2D eigenvalue weighted by atomic mass is 31.2. The molecule has 0 aliphatic heterocycles. The third-order valence-corrected chi connectivity index (χ3v) is 11.6. The molecule has 342 valence electrons. The van der Waals surface area contributed by atoms with E-state index in [9.17, 15) is 24.2 Å². The first-order valence-electron chi connectivity index (χ1n) is 24.3. The van der Waals surface area contributed by atoms with Crippen LogP contribution in [0, 0.1) is 0 Å². The standard InChI is InChI=1S/C48H92NO8P/c1-3-5-7-9-11-13-15-17-18-19-20-21-22-23-24-25-26-27-29-31-33-35-37-39-41-48(52)55-44-46(50)45-57-58(53,54)56-43-42-49-47(51)40-38-36-34-32-30-28-16-14-12-10-8-6-4-2/h8,10,14,16,46,50H,3-7,9,11-13,15,17-45H2,1-2H3,(H,49,51)(H,53,54)/b10-8-,16-14-. The molecule has 0 heterocycles. The maximum atomic E-state index is 12.1. The number of allylic oxidation sites excluding steroid dienone is 4. The van der Waals surface area contributed by atoms with Gasteiger partial charge in [0.15, 0.2) is 0 Å². The highest BCUT2D eigenvalue weighted by Crippen LogP contribution is 2.42. The van der Waals surface area contributed by atoms with Gasteiger partial charge in [0.2, 0.25) is 5.91 Å². The van der Waals surface area contributed by atoms with Gasteiger partial charge in [-0.2, -0.15) is 0 Å². The number of amides is 1. The average Bonchev–Trinajstić information content (AvgIpc) is 3.21. The molecule has 9 nitrogen and oxygen atoms in total.